The zero-order valence-electron chi connectivity index (χ0n) is 13.0. The lowest BCUT2D eigenvalue weighted by molar-refractivity contribution is 0.590. The molecule has 2 aromatic carbocycles. The van der Waals surface area contributed by atoms with Crippen molar-refractivity contribution in [3.63, 3.8) is 0 Å². The number of fused-ring (bicyclic) bond motifs is 1. The van der Waals surface area contributed by atoms with Crippen LogP contribution in [0.3, 0.4) is 0 Å². The molecule has 3 aromatic rings. The molecule has 0 aliphatic carbocycles. The van der Waals surface area contributed by atoms with Gasteiger partial charge in [0.1, 0.15) is 5.82 Å². The predicted molar refractivity (Wildman–Crippen MR) is 92.5 cm³/mol. The van der Waals surface area contributed by atoms with Crippen LogP contribution in [-0.2, 0) is 6.54 Å². The number of benzene rings is 2. The molecular formula is C19H20FN3. The van der Waals surface area contributed by atoms with Gasteiger partial charge in [0.25, 0.3) is 0 Å². The molecule has 4 rings (SSSR count). The van der Waals surface area contributed by atoms with Crippen molar-refractivity contribution in [2.75, 3.05) is 31.1 Å². The lowest BCUT2D eigenvalue weighted by atomic mass is 10.1. The van der Waals surface area contributed by atoms with Crippen molar-refractivity contribution in [3.05, 3.63) is 66.1 Å². The van der Waals surface area contributed by atoms with Crippen molar-refractivity contribution < 1.29 is 4.39 Å². The number of aromatic nitrogens is 1. The summed E-state index contributed by atoms with van der Waals surface area (Å²) in [7, 11) is 0. The SMILES string of the molecule is Fc1ccccc1Cn1ccc2c(N3CCNCC3)cccc21. The van der Waals surface area contributed by atoms with Crippen LogP contribution in [0.15, 0.2) is 54.7 Å². The van der Waals surface area contributed by atoms with E-state index in [-0.39, 0.29) is 5.82 Å². The minimum Gasteiger partial charge on any atom is -0.368 e. The molecule has 0 bridgehead atoms. The second-order valence-corrected chi connectivity index (χ2v) is 5.98. The molecule has 0 spiro atoms. The van der Waals surface area contributed by atoms with Gasteiger partial charge in [0, 0.05) is 49.0 Å². The first-order valence-electron chi connectivity index (χ1n) is 8.10. The van der Waals surface area contributed by atoms with E-state index in [9.17, 15) is 4.39 Å². The summed E-state index contributed by atoms with van der Waals surface area (Å²) >= 11 is 0. The van der Waals surface area contributed by atoms with Crippen LogP contribution in [0.1, 0.15) is 5.56 Å². The van der Waals surface area contributed by atoms with E-state index in [1.54, 1.807) is 6.07 Å². The Balaban J connectivity index is 1.71. The minimum atomic E-state index is -0.146. The molecule has 0 radical (unpaired) electrons. The molecule has 4 heteroatoms. The fourth-order valence-electron chi connectivity index (χ4n) is 3.34. The Labute approximate surface area is 135 Å². The molecular weight excluding hydrogens is 289 g/mol. The lowest BCUT2D eigenvalue weighted by Crippen LogP contribution is -2.43. The van der Waals surface area contributed by atoms with Crippen LogP contribution >= 0.6 is 0 Å². The van der Waals surface area contributed by atoms with E-state index >= 15 is 0 Å². The topological polar surface area (TPSA) is 20.2 Å². The third-order valence-corrected chi connectivity index (χ3v) is 4.55. The summed E-state index contributed by atoms with van der Waals surface area (Å²) in [5.41, 5.74) is 3.15. The average molecular weight is 309 g/mol. The smallest absolute Gasteiger partial charge is 0.128 e. The highest BCUT2D eigenvalue weighted by atomic mass is 19.1. The average Bonchev–Trinajstić information content (AvgIpc) is 3.01. The van der Waals surface area contributed by atoms with Crippen molar-refractivity contribution in [2.45, 2.75) is 6.54 Å². The largest absolute Gasteiger partial charge is 0.368 e. The Morgan fingerprint density at radius 3 is 2.61 bits per heavy atom. The molecule has 0 atom stereocenters. The molecule has 1 fully saturated rings. The number of rotatable bonds is 3. The van der Waals surface area contributed by atoms with Gasteiger partial charge < -0.3 is 14.8 Å². The molecule has 1 aliphatic rings. The quantitative estimate of drug-likeness (QED) is 0.801. The fraction of sp³-hybridized carbons (Fsp3) is 0.263. The van der Waals surface area contributed by atoms with Crippen LogP contribution in [0.4, 0.5) is 10.1 Å². The number of hydrogen-bond acceptors (Lipinski definition) is 2. The Morgan fingerprint density at radius 1 is 0.957 bits per heavy atom. The summed E-state index contributed by atoms with van der Waals surface area (Å²) in [6.45, 7) is 4.65. The van der Waals surface area contributed by atoms with Crippen LogP contribution in [-0.4, -0.2) is 30.7 Å². The first-order valence-corrected chi connectivity index (χ1v) is 8.10. The van der Waals surface area contributed by atoms with E-state index in [2.05, 4.69) is 45.2 Å². The number of nitrogens with zero attached hydrogens (tertiary/aromatic N) is 2. The van der Waals surface area contributed by atoms with Gasteiger partial charge in [-0.1, -0.05) is 24.3 Å². The van der Waals surface area contributed by atoms with E-state index in [0.29, 0.717) is 6.54 Å². The van der Waals surface area contributed by atoms with Gasteiger partial charge in [-0.3, -0.25) is 0 Å². The molecule has 0 unspecified atom stereocenters. The minimum absolute atomic E-state index is 0.146. The number of piperazine rings is 1. The third kappa shape index (κ3) is 2.70. The van der Waals surface area contributed by atoms with Crippen LogP contribution in [0, 0.1) is 5.82 Å². The Kier molecular flexibility index (Phi) is 3.75. The highest BCUT2D eigenvalue weighted by Gasteiger charge is 2.14. The van der Waals surface area contributed by atoms with E-state index in [1.807, 2.05) is 12.1 Å². The molecule has 3 nitrogen and oxygen atoms in total. The highest BCUT2D eigenvalue weighted by molar-refractivity contribution is 5.93. The summed E-state index contributed by atoms with van der Waals surface area (Å²) in [4.78, 5) is 2.42. The monoisotopic (exact) mass is 309 g/mol. The van der Waals surface area contributed by atoms with Crippen molar-refractivity contribution in [1.29, 1.82) is 0 Å². The molecule has 1 aliphatic heterocycles. The van der Waals surface area contributed by atoms with Crippen molar-refractivity contribution in [2.24, 2.45) is 0 Å². The molecule has 23 heavy (non-hydrogen) atoms. The number of nitrogens with one attached hydrogen (secondary N) is 1. The highest BCUT2D eigenvalue weighted by Crippen LogP contribution is 2.28. The van der Waals surface area contributed by atoms with E-state index in [0.717, 1.165) is 37.3 Å². The van der Waals surface area contributed by atoms with Gasteiger partial charge >= 0.3 is 0 Å². The van der Waals surface area contributed by atoms with E-state index in [4.69, 9.17) is 0 Å². The Hall–Kier alpha value is -2.33. The Bertz CT molecular complexity index is 818. The predicted octanol–water partition coefficient (Wildman–Crippen LogP) is 3.24. The van der Waals surface area contributed by atoms with Gasteiger partial charge in [0.05, 0.1) is 12.1 Å². The van der Waals surface area contributed by atoms with Gasteiger partial charge in [-0.15, -0.1) is 0 Å². The number of halogens is 1. The molecule has 1 aromatic heterocycles. The maximum absolute atomic E-state index is 13.9. The summed E-state index contributed by atoms with van der Waals surface area (Å²) in [6, 6.07) is 15.5. The van der Waals surface area contributed by atoms with E-state index < -0.39 is 0 Å². The Morgan fingerprint density at radius 2 is 1.78 bits per heavy atom. The number of hydrogen-bond donors (Lipinski definition) is 1. The molecule has 1 saturated heterocycles. The zero-order valence-corrected chi connectivity index (χ0v) is 13.0. The van der Waals surface area contributed by atoms with Gasteiger partial charge in [0.2, 0.25) is 0 Å². The number of anilines is 1. The standard InChI is InChI=1S/C19H20FN3/c20-17-5-2-1-4-15(17)14-23-11-8-16-18(6-3-7-19(16)23)22-12-9-21-10-13-22/h1-8,11,21H,9-10,12-14H2. The second-order valence-electron chi connectivity index (χ2n) is 5.98. The van der Waals surface area contributed by atoms with Gasteiger partial charge in [0.15, 0.2) is 0 Å². The first kappa shape index (κ1) is 14.3. The van der Waals surface area contributed by atoms with Crippen LogP contribution in [0.25, 0.3) is 10.9 Å². The maximum Gasteiger partial charge on any atom is 0.128 e. The third-order valence-electron chi connectivity index (χ3n) is 4.55. The summed E-state index contributed by atoms with van der Waals surface area (Å²) in [6.07, 6.45) is 2.06. The molecule has 1 N–H and O–H groups in total. The molecule has 118 valence electrons. The molecule has 0 saturated carbocycles. The normalized spacial score (nSPS) is 15.3. The summed E-state index contributed by atoms with van der Waals surface area (Å²) in [5.74, 6) is -0.146. The lowest BCUT2D eigenvalue weighted by Gasteiger charge is -2.30. The van der Waals surface area contributed by atoms with Gasteiger partial charge in [-0.2, -0.15) is 0 Å². The zero-order chi connectivity index (χ0) is 15.6. The van der Waals surface area contributed by atoms with Crippen LogP contribution in [0.5, 0.6) is 0 Å². The second kappa shape index (κ2) is 6.05. The van der Waals surface area contributed by atoms with Crippen molar-refractivity contribution in [3.8, 4) is 0 Å². The first-order chi connectivity index (χ1) is 11.3. The van der Waals surface area contributed by atoms with Crippen LogP contribution in [0.2, 0.25) is 0 Å². The summed E-state index contributed by atoms with van der Waals surface area (Å²) < 4.78 is 16.0. The van der Waals surface area contributed by atoms with Crippen molar-refractivity contribution >= 4 is 16.6 Å². The van der Waals surface area contributed by atoms with Crippen LogP contribution < -0.4 is 10.2 Å². The fourth-order valence-corrected chi connectivity index (χ4v) is 3.34. The maximum atomic E-state index is 13.9. The van der Waals surface area contributed by atoms with Gasteiger partial charge in [-0.05, 0) is 24.3 Å². The summed E-state index contributed by atoms with van der Waals surface area (Å²) in [5, 5.41) is 4.63. The van der Waals surface area contributed by atoms with Crippen molar-refractivity contribution in [1.82, 2.24) is 9.88 Å². The van der Waals surface area contributed by atoms with E-state index in [1.165, 1.54) is 17.1 Å². The van der Waals surface area contributed by atoms with Gasteiger partial charge in [-0.25, -0.2) is 4.39 Å². The molecule has 0 amide bonds. The molecule has 2 heterocycles.